The van der Waals surface area contributed by atoms with E-state index in [2.05, 4.69) is 15.1 Å². The SMILES string of the molecule is Cn1ncc2c(-n3cccc3C(N)=S)ncnc21. The number of nitrogens with zero attached hydrogens (tertiary/aromatic N) is 5. The van der Waals surface area contributed by atoms with Crippen LogP contribution in [0.2, 0.25) is 0 Å². The van der Waals surface area contributed by atoms with Crippen molar-refractivity contribution in [1.82, 2.24) is 24.3 Å². The van der Waals surface area contributed by atoms with Gasteiger partial charge in [-0.05, 0) is 12.1 Å². The van der Waals surface area contributed by atoms with Gasteiger partial charge in [-0.1, -0.05) is 12.2 Å². The van der Waals surface area contributed by atoms with Gasteiger partial charge < -0.3 is 5.73 Å². The standard InChI is InChI=1S/C11H10N6S/c1-16-10-7(5-15-16)11(14-6-13-10)17-4-2-3-8(17)9(12)18/h2-6H,1H3,(H2,12,18). The molecule has 3 aromatic rings. The number of hydrogen-bond acceptors (Lipinski definition) is 4. The van der Waals surface area contributed by atoms with Crippen LogP contribution < -0.4 is 5.73 Å². The lowest BCUT2D eigenvalue weighted by Crippen LogP contribution is -2.15. The topological polar surface area (TPSA) is 74.5 Å². The molecule has 0 amide bonds. The Morgan fingerprint density at radius 1 is 1.39 bits per heavy atom. The Morgan fingerprint density at radius 2 is 2.22 bits per heavy atom. The van der Waals surface area contributed by atoms with Gasteiger partial charge in [-0.2, -0.15) is 5.10 Å². The maximum Gasteiger partial charge on any atom is 0.163 e. The summed E-state index contributed by atoms with van der Waals surface area (Å²) in [4.78, 5) is 8.82. The van der Waals surface area contributed by atoms with E-state index in [9.17, 15) is 0 Å². The second-order valence-electron chi connectivity index (χ2n) is 3.83. The molecule has 6 nitrogen and oxygen atoms in total. The third kappa shape index (κ3) is 1.48. The summed E-state index contributed by atoms with van der Waals surface area (Å²) in [6.45, 7) is 0. The molecular weight excluding hydrogens is 248 g/mol. The molecule has 0 aromatic carbocycles. The Labute approximate surface area is 108 Å². The highest BCUT2D eigenvalue weighted by atomic mass is 32.1. The summed E-state index contributed by atoms with van der Waals surface area (Å²) in [5, 5.41) is 5.03. The third-order valence-electron chi connectivity index (χ3n) is 2.74. The summed E-state index contributed by atoms with van der Waals surface area (Å²) in [5.74, 6) is 0.723. The molecule has 0 aliphatic heterocycles. The molecule has 3 rings (SSSR count). The second-order valence-corrected chi connectivity index (χ2v) is 4.27. The van der Waals surface area contributed by atoms with E-state index < -0.39 is 0 Å². The molecule has 0 saturated carbocycles. The van der Waals surface area contributed by atoms with Gasteiger partial charge in [-0.3, -0.25) is 9.25 Å². The lowest BCUT2D eigenvalue weighted by molar-refractivity contribution is 0.785. The summed E-state index contributed by atoms with van der Waals surface area (Å²) in [7, 11) is 1.84. The smallest absolute Gasteiger partial charge is 0.163 e. The van der Waals surface area contributed by atoms with Crippen LogP contribution in [0.5, 0.6) is 0 Å². The number of hydrogen-bond donors (Lipinski definition) is 1. The lowest BCUT2D eigenvalue weighted by atomic mass is 10.3. The number of fused-ring (bicyclic) bond motifs is 1. The van der Waals surface area contributed by atoms with Gasteiger partial charge in [0, 0.05) is 13.2 Å². The quantitative estimate of drug-likeness (QED) is 0.688. The first-order chi connectivity index (χ1) is 8.68. The highest BCUT2D eigenvalue weighted by Gasteiger charge is 2.12. The minimum absolute atomic E-state index is 0.329. The van der Waals surface area contributed by atoms with E-state index >= 15 is 0 Å². The minimum atomic E-state index is 0.329. The molecule has 0 atom stereocenters. The Kier molecular flexibility index (Phi) is 2.34. The van der Waals surface area contributed by atoms with Crippen LogP contribution in [0, 0.1) is 0 Å². The molecule has 18 heavy (non-hydrogen) atoms. The van der Waals surface area contributed by atoms with Crippen molar-refractivity contribution < 1.29 is 0 Å². The fraction of sp³-hybridized carbons (Fsp3) is 0.0909. The van der Waals surface area contributed by atoms with Crippen molar-refractivity contribution in [1.29, 1.82) is 0 Å². The first-order valence-corrected chi connectivity index (χ1v) is 5.69. The Hall–Kier alpha value is -2.28. The number of nitrogens with two attached hydrogens (primary N) is 1. The molecule has 0 spiro atoms. The molecule has 2 N–H and O–H groups in total. The molecule has 90 valence electrons. The summed E-state index contributed by atoms with van der Waals surface area (Å²) < 4.78 is 3.54. The van der Waals surface area contributed by atoms with Gasteiger partial charge in [0.1, 0.15) is 11.3 Å². The molecular formula is C11H10N6S. The van der Waals surface area contributed by atoms with Gasteiger partial charge >= 0.3 is 0 Å². The molecule has 3 heterocycles. The monoisotopic (exact) mass is 258 g/mol. The van der Waals surface area contributed by atoms with Gasteiger partial charge in [-0.25, -0.2) is 9.97 Å². The Morgan fingerprint density at radius 3 is 3.00 bits per heavy atom. The van der Waals surface area contributed by atoms with E-state index in [0.29, 0.717) is 4.99 Å². The molecule has 0 radical (unpaired) electrons. The fourth-order valence-corrected chi connectivity index (χ4v) is 2.07. The fourth-order valence-electron chi connectivity index (χ4n) is 1.91. The second kappa shape index (κ2) is 3.88. The normalized spacial score (nSPS) is 10.9. The maximum absolute atomic E-state index is 5.69. The van der Waals surface area contributed by atoms with Crippen LogP contribution in [-0.4, -0.2) is 29.3 Å². The number of thiocarbonyl (C=S) groups is 1. The Bertz CT molecular complexity index is 741. The summed E-state index contributed by atoms with van der Waals surface area (Å²) in [6, 6.07) is 3.73. The van der Waals surface area contributed by atoms with E-state index in [1.807, 2.05) is 29.9 Å². The first-order valence-electron chi connectivity index (χ1n) is 5.28. The molecule has 0 aliphatic carbocycles. The zero-order valence-corrected chi connectivity index (χ0v) is 10.4. The van der Waals surface area contributed by atoms with Crippen LogP contribution in [0.15, 0.2) is 30.9 Å². The van der Waals surface area contributed by atoms with Crippen LogP contribution in [0.25, 0.3) is 16.9 Å². The van der Waals surface area contributed by atoms with E-state index in [1.165, 1.54) is 6.33 Å². The molecule has 0 bridgehead atoms. The van der Waals surface area contributed by atoms with Crippen molar-refractivity contribution >= 4 is 28.2 Å². The average Bonchev–Trinajstić information content (AvgIpc) is 2.96. The minimum Gasteiger partial charge on any atom is -0.388 e. The first kappa shape index (κ1) is 10.8. The van der Waals surface area contributed by atoms with Crippen molar-refractivity contribution in [3.63, 3.8) is 0 Å². The van der Waals surface area contributed by atoms with Gasteiger partial charge in [-0.15, -0.1) is 0 Å². The van der Waals surface area contributed by atoms with Gasteiger partial charge in [0.15, 0.2) is 11.5 Å². The van der Waals surface area contributed by atoms with Gasteiger partial charge in [0.05, 0.1) is 17.3 Å². The van der Waals surface area contributed by atoms with E-state index in [4.69, 9.17) is 18.0 Å². The van der Waals surface area contributed by atoms with Crippen LogP contribution in [0.1, 0.15) is 5.69 Å². The zero-order valence-electron chi connectivity index (χ0n) is 9.61. The molecule has 0 saturated heterocycles. The molecule has 3 aromatic heterocycles. The summed E-state index contributed by atoms with van der Waals surface area (Å²) in [6.07, 6.45) is 5.10. The Balaban J connectivity index is 2.32. The van der Waals surface area contributed by atoms with E-state index in [0.717, 1.165) is 22.5 Å². The van der Waals surface area contributed by atoms with Gasteiger partial charge in [0.2, 0.25) is 0 Å². The van der Waals surface area contributed by atoms with Crippen molar-refractivity contribution in [2.45, 2.75) is 0 Å². The van der Waals surface area contributed by atoms with Crippen molar-refractivity contribution in [3.8, 4) is 5.82 Å². The van der Waals surface area contributed by atoms with E-state index in [-0.39, 0.29) is 0 Å². The number of aryl methyl sites for hydroxylation is 1. The predicted molar refractivity (Wildman–Crippen MR) is 71.5 cm³/mol. The van der Waals surface area contributed by atoms with Gasteiger partial charge in [0.25, 0.3) is 0 Å². The largest absolute Gasteiger partial charge is 0.388 e. The van der Waals surface area contributed by atoms with Crippen molar-refractivity contribution in [2.24, 2.45) is 12.8 Å². The van der Waals surface area contributed by atoms with Crippen LogP contribution in [-0.2, 0) is 7.05 Å². The predicted octanol–water partition coefficient (Wildman–Crippen LogP) is 0.788. The van der Waals surface area contributed by atoms with Crippen molar-refractivity contribution in [2.75, 3.05) is 0 Å². The molecule has 0 fully saturated rings. The highest BCUT2D eigenvalue weighted by molar-refractivity contribution is 7.80. The lowest BCUT2D eigenvalue weighted by Gasteiger charge is -2.07. The maximum atomic E-state index is 5.69. The third-order valence-corrected chi connectivity index (χ3v) is 2.95. The van der Waals surface area contributed by atoms with E-state index in [1.54, 1.807) is 10.9 Å². The molecule has 0 aliphatic rings. The summed E-state index contributed by atoms with van der Waals surface area (Å²) in [5.41, 5.74) is 7.20. The number of aromatic nitrogens is 5. The van der Waals surface area contributed by atoms with Crippen LogP contribution in [0.4, 0.5) is 0 Å². The number of rotatable bonds is 2. The average molecular weight is 258 g/mol. The van der Waals surface area contributed by atoms with Crippen molar-refractivity contribution in [3.05, 3.63) is 36.5 Å². The zero-order chi connectivity index (χ0) is 12.7. The highest BCUT2D eigenvalue weighted by Crippen LogP contribution is 2.19. The summed E-state index contributed by atoms with van der Waals surface area (Å²) >= 11 is 5.02. The van der Waals surface area contributed by atoms with Crippen LogP contribution >= 0.6 is 12.2 Å². The molecule has 7 heteroatoms. The van der Waals surface area contributed by atoms with Crippen LogP contribution in [0.3, 0.4) is 0 Å². The molecule has 0 unspecified atom stereocenters.